The van der Waals surface area contributed by atoms with Crippen molar-refractivity contribution in [3.8, 4) is 0 Å². The molecule has 1 saturated carbocycles. The van der Waals surface area contributed by atoms with Crippen LogP contribution < -0.4 is 11.3 Å². The molecule has 2 fully saturated rings. The van der Waals surface area contributed by atoms with Gasteiger partial charge >= 0.3 is 0 Å². The second-order valence-electron chi connectivity index (χ2n) is 6.04. The molecule has 1 aromatic heterocycles. The summed E-state index contributed by atoms with van der Waals surface area (Å²) < 4.78 is 6.00. The third-order valence-corrected chi connectivity index (χ3v) is 4.70. The minimum absolute atomic E-state index is 0.140. The number of rotatable bonds is 3. The number of pyridine rings is 1. The lowest BCUT2D eigenvalue weighted by Gasteiger charge is -2.48. The van der Waals surface area contributed by atoms with Gasteiger partial charge in [-0.25, -0.2) is 0 Å². The van der Waals surface area contributed by atoms with Crippen molar-refractivity contribution < 1.29 is 4.74 Å². The van der Waals surface area contributed by atoms with Gasteiger partial charge in [0.25, 0.3) is 0 Å². The first kappa shape index (κ1) is 13.0. The first-order chi connectivity index (χ1) is 9.22. The number of aryl methyl sites for hydroxylation is 1. The molecule has 104 valence electrons. The number of hydrogen-bond acceptors (Lipinski definition) is 4. The lowest BCUT2D eigenvalue weighted by molar-refractivity contribution is -0.147. The molecule has 0 radical (unpaired) electrons. The van der Waals surface area contributed by atoms with E-state index in [1.807, 2.05) is 12.3 Å². The Morgan fingerprint density at radius 3 is 3.00 bits per heavy atom. The lowest BCUT2D eigenvalue weighted by atomic mass is 9.70. The average Bonchev–Trinajstić information content (AvgIpc) is 2.38. The number of hydrogen-bond donors (Lipinski definition) is 2. The van der Waals surface area contributed by atoms with Gasteiger partial charge in [0, 0.05) is 12.8 Å². The van der Waals surface area contributed by atoms with Gasteiger partial charge in [0.05, 0.1) is 17.3 Å². The Hall–Kier alpha value is -0.970. The number of nitrogens with two attached hydrogens (primary N) is 1. The van der Waals surface area contributed by atoms with Crippen molar-refractivity contribution in [1.29, 1.82) is 0 Å². The molecule has 3 rings (SSSR count). The van der Waals surface area contributed by atoms with Gasteiger partial charge in [-0.2, -0.15) is 0 Å². The number of nitrogens with zero attached hydrogens (tertiary/aromatic N) is 1. The SMILES string of the molecule is Cc1ccnc(C(NN)C2CCOC3(CCC3)C2)c1. The zero-order valence-corrected chi connectivity index (χ0v) is 11.6. The van der Waals surface area contributed by atoms with E-state index in [4.69, 9.17) is 10.6 Å². The highest BCUT2D eigenvalue weighted by Crippen LogP contribution is 2.46. The van der Waals surface area contributed by atoms with Crippen LogP contribution in [0.5, 0.6) is 0 Å². The van der Waals surface area contributed by atoms with E-state index in [-0.39, 0.29) is 11.6 Å². The molecule has 2 aliphatic rings. The monoisotopic (exact) mass is 261 g/mol. The third-order valence-electron chi connectivity index (χ3n) is 4.70. The molecule has 3 N–H and O–H groups in total. The maximum absolute atomic E-state index is 6.00. The van der Waals surface area contributed by atoms with Crippen LogP contribution in [0.4, 0.5) is 0 Å². The first-order valence-electron chi connectivity index (χ1n) is 7.25. The van der Waals surface area contributed by atoms with Gasteiger partial charge in [0.2, 0.25) is 0 Å². The topological polar surface area (TPSA) is 60.2 Å². The van der Waals surface area contributed by atoms with Crippen LogP contribution in [0.1, 0.15) is 49.4 Å². The minimum atomic E-state index is 0.140. The average molecular weight is 261 g/mol. The molecule has 2 atom stereocenters. The summed E-state index contributed by atoms with van der Waals surface area (Å²) in [5.41, 5.74) is 5.43. The summed E-state index contributed by atoms with van der Waals surface area (Å²) in [7, 11) is 0. The van der Waals surface area contributed by atoms with E-state index in [9.17, 15) is 0 Å². The Balaban J connectivity index is 1.78. The summed E-state index contributed by atoms with van der Waals surface area (Å²) in [6.45, 7) is 2.95. The molecule has 4 heteroatoms. The van der Waals surface area contributed by atoms with Crippen molar-refractivity contribution in [3.63, 3.8) is 0 Å². The van der Waals surface area contributed by atoms with Gasteiger partial charge in [-0.3, -0.25) is 16.3 Å². The summed E-state index contributed by atoms with van der Waals surface area (Å²) in [5.74, 6) is 6.32. The van der Waals surface area contributed by atoms with Crippen molar-refractivity contribution >= 4 is 0 Å². The van der Waals surface area contributed by atoms with Gasteiger partial charge in [0.1, 0.15) is 0 Å². The molecule has 1 aromatic rings. The zero-order chi connectivity index (χ0) is 13.3. The maximum Gasteiger partial charge on any atom is 0.0686 e. The Bertz CT molecular complexity index is 445. The lowest BCUT2D eigenvalue weighted by Crippen LogP contribution is -2.48. The number of nitrogens with one attached hydrogen (secondary N) is 1. The molecule has 2 heterocycles. The molecule has 19 heavy (non-hydrogen) atoms. The highest BCUT2D eigenvalue weighted by molar-refractivity contribution is 5.18. The Kier molecular flexibility index (Phi) is 3.56. The summed E-state index contributed by atoms with van der Waals surface area (Å²) >= 11 is 0. The minimum Gasteiger partial charge on any atom is -0.375 e. The summed E-state index contributed by atoms with van der Waals surface area (Å²) in [6, 6.07) is 4.29. The fraction of sp³-hybridized carbons (Fsp3) is 0.667. The molecule has 1 aliphatic carbocycles. The van der Waals surface area contributed by atoms with Gasteiger partial charge in [-0.15, -0.1) is 0 Å². The molecule has 0 aromatic carbocycles. The quantitative estimate of drug-likeness (QED) is 0.647. The molecule has 0 amide bonds. The van der Waals surface area contributed by atoms with Gasteiger partial charge < -0.3 is 4.74 Å². The second-order valence-corrected chi connectivity index (χ2v) is 6.04. The Morgan fingerprint density at radius 1 is 1.53 bits per heavy atom. The van der Waals surface area contributed by atoms with E-state index in [0.717, 1.165) is 25.1 Å². The van der Waals surface area contributed by atoms with Crippen LogP contribution in [0, 0.1) is 12.8 Å². The maximum atomic E-state index is 6.00. The van der Waals surface area contributed by atoms with E-state index in [2.05, 4.69) is 23.4 Å². The van der Waals surface area contributed by atoms with E-state index < -0.39 is 0 Å². The summed E-state index contributed by atoms with van der Waals surface area (Å²) in [5, 5.41) is 0. The van der Waals surface area contributed by atoms with Crippen LogP contribution in [0.3, 0.4) is 0 Å². The predicted molar refractivity (Wildman–Crippen MR) is 74.3 cm³/mol. The molecule has 2 unspecified atom stereocenters. The molecule has 1 aliphatic heterocycles. The van der Waals surface area contributed by atoms with Crippen LogP contribution in [0.2, 0.25) is 0 Å². The van der Waals surface area contributed by atoms with Crippen molar-refractivity contribution in [1.82, 2.24) is 10.4 Å². The van der Waals surface area contributed by atoms with E-state index in [1.165, 1.54) is 24.8 Å². The first-order valence-corrected chi connectivity index (χ1v) is 7.25. The normalized spacial score (nSPS) is 26.9. The largest absolute Gasteiger partial charge is 0.375 e. The van der Waals surface area contributed by atoms with E-state index in [1.54, 1.807) is 0 Å². The summed E-state index contributed by atoms with van der Waals surface area (Å²) in [4.78, 5) is 4.49. The number of hydrazine groups is 1. The smallest absolute Gasteiger partial charge is 0.0686 e. The van der Waals surface area contributed by atoms with Crippen molar-refractivity contribution in [2.24, 2.45) is 11.8 Å². The van der Waals surface area contributed by atoms with Crippen LogP contribution in [0.15, 0.2) is 18.3 Å². The number of ether oxygens (including phenoxy) is 1. The van der Waals surface area contributed by atoms with Gasteiger partial charge in [-0.05, 0) is 62.6 Å². The molecule has 4 nitrogen and oxygen atoms in total. The van der Waals surface area contributed by atoms with Crippen LogP contribution >= 0.6 is 0 Å². The Morgan fingerprint density at radius 2 is 2.37 bits per heavy atom. The highest BCUT2D eigenvalue weighted by atomic mass is 16.5. The molecular weight excluding hydrogens is 238 g/mol. The van der Waals surface area contributed by atoms with Crippen molar-refractivity contribution in [2.45, 2.75) is 50.7 Å². The van der Waals surface area contributed by atoms with Crippen LogP contribution in [-0.4, -0.2) is 17.2 Å². The molecule has 1 spiro atoms. The van der Waals surface area contributed by atoms with Crippen molar-refractivity contribution in [2.75, 3.05) is 6.61 Å². The Labute approximate surface area is 114 Å². The zero-order valence-electron chi connectivity index (χ0n) is 11.6. The second kappa shape index (κ2) is 5.19. The molecule has 1 saturated heterocycles. The summed E-state index contributed by atoms with van der Waals surface area (Å²) in [6.07, 6.45) is 7.76. The van der Waals surface area contributed by atoms with Crippen LogP contribution in [0.25, 0.3) is 0 Å². The van der Waals surface area contributed by atoms with Gasteiger partial charge in [-0.1, -0.05) is 0 Å². The standard InChI is InChI=1S/C15H23N3O/c1-11-3-7-17-13(9-11)14(18-16)12-4-8-19-15(10-12)5-2-6-15/h3,7,9,12,14,18H,2,4-6,8,10,16H2,1H3. The van der Waals surface area contributed by atoms with Crippen molar-refractivity contribution in [3.05, 3.63) is 29.6 Å². The van der Waals surface area contributed by atoms with E-state index >= 15 is 0 Å². The molecule has 0 bridgehead atoms. The van der Waals surface area contributed by atoms with E-state index in [0.29, 0.717) is 5.92 Å². The molecular formula is C15H23N3O. The fourth-order valence-electron chi connectivity index (χ4n) is 3.46. The third kappa shape index (κ3) is 2.53. The fourth-order valence-corrected chi connectivity index (χ4v) is 3.46. The van der Waals surface area contributed by atoms with Crippen LogP contribution in [-0.2, 0) is 4.74 Å². The highest BCUT2D eigenvalue weighted by Gasteiger charge is 2.44. The predicted octanol–water partition coefficient (Wildman–Crippen LogP) is 2.24. The van der Waals surface area contributed by atoms with Gasteiger partial charge in [0.15, 0.2) is 0 Å². The number of aromatic nitrogens is 1.